The molecule has 0 aromatic heterocycles. The summed E-state index contributed by atoms with van der Waals surface area (Å²) in [6, 6.07) is 0. The van der Waals surface area contributed by atoms with Crippen LogP contribution in [0.4, 0.5) is 0 Å². The molecule has 2 nitrogen and oxygen atoms in total. The highest BCUT2D eigenvalue weighted by Crippen LogP contribution is 2.02. The van der Waals surface area contributed by atoms with Gasteiger partial charge in [-0.05, 0) is 6.08 Å². The fourth-order valence-electron chi connectivity index (χ4n) is 0.554. The molecule has 0 spiro atoms. The van der Waals surface area contributed by atoms with Crippen molar-refractivity contribution in [3.63, 3.8) is 0 Å². The number of halogens is 1. The van der Waals surface area contributed by atoms with Crippen molar-refractivity contribution in [3.05, 3.63) is 24.6 Å². The first kappa shape index (κ1) is 9.59. The van der Waals surface area contributed by atoms with Crippen LogP contribution in [0.2, 0.25) is 0 Å². The average molecular weight is 178 g/mol. The van der Waals surface area contributed by atoms with Gasteiger partial charge in [0, 0.05) is 18.8 Å². The van der Waals surface area contributed by atoms with Gasteiger partial charge in [-0.25, -0.2) is 0 Å². The highest BCUT2D eigenvalue weighted by molar-refractivity contribution is 7.77. The van der Waals surface area contributed by atoms with Gasteiger partial charge in [0.25, 0.3) is 0 Å². The lowest BCUT2D eigenvalue weighted by Gasteiger charge is -1.99. The summed E-state index contributed by atoms with van der Waals surface area (Å²) in [7, 11) is 0. The van der Waals surface area contributed by atoms with Crippen molar-refractivity contribution in [2.45, 2.75) is 6.42 Å². The Balaban J connectivity index is 0.000000810. The molecule has 4 heteroatoms. The molecular weight excluding hydrogens is 170 g/mol. The van der Waals surface area contributed by atoms with Crippen molar-refractivity contribution in [1.29, 1.82) is 0 Å². The summed E-state index contributed by atoms with van der Waals surface area (Å²) in [5, 5.41) is 0. The van der Waals surface area contributed by atoms with E-state index in [-0.39, 0.29) is 18.2 Å². The number of carbonyl (C=O) groups excluding carboxylic acids is 1. The van der Waals surface area contributed by atoms with Crippen molar-refractivity contribution >= 4 is 31.0 Å². The molecule has 0 unspecified atom stereocenters. The molecule has 0 saturated carbocycles. The number of thiol groups is 1. The molecule has 0 amide bonds. The number of rotatable bonds is 0. The van der Waals surface area contributed by atoms with Gasteiger partial charge in [-0.2, -0.15) is 0 Å². The van der Waals surface area contributed by atoms with Gasteiger partial charge in [0.1, 0.15) is 0 Å². The zero-order chi connectivity index (χ0) is 6.69. The van der Waals surface area contributed by atoms with Crippen molar-refractivity contribution < 1.29 is 4.79 Å². The number of carbonyl (C=O) groups is 1. The van der Waals surface area contributed by atoms with Crippen molar-refractivity contribution in [3.8, 4) is 0 Å². The molecule has 0 saturated heterocycles. The molecule has 10 heavy (non-hydrogen) atoms. The molecule has 1 rings (SSSR count). The number of nitrogens with zero attached hydrogens (tertiary/aromatic N) is 1. The van der Waals surface area contributed by atoms with Gasteiger partial charge in [-0.15, -0.1) is 12.4 Å². The summed E-state index contributed by atoms with van der Waals surface area (Å²) in [4.78, 5) is 10.6. The summed E-state index contributed by atoms with van der Waals surface area (Å²) in [6.45, 7) is 0. The van der Waals surface area contributed by atoms with Crippen LogP contribution in [-0.2, 0) is 4.79 Å². The van der Waals surface area contributed by atoms with E-state index in [4.69, 9.17) is 0 Å². The van der Waals surface area contributed by atoms with Gasteiger partial charge in [-0.1, -0.05) is 18.9 Å². The molecule has 0 aromatic rings. The highest BCUT2D eigenvalue weighted by Gasteiger charge is 1.96. The van der Waals surface area contributed by atoms with Gasteiger partial charge in [0.05, 0.1) is 0 Å². The first-order valence-corrected chi connectivity index (χ1v) is 3.04. The molecule has 0 aromatic carbocycles. The van der Waals surface area contributed by atoms with Gasteiger partial charge in [0.2, 0.25) is 0 Å². The molecule has 0 aliphatic carbocycles. The summed E-state index contributed by atoms with van der Waals surface area (Å²) < 4.78 is 1.55. The zero-order valence-electron chi connectivity index (χ0n) is 5.23. The molecule has 1 aliphatic heterocycles. The predicted octanol–water partition coefficient (Wildman–Crippen LogP) is 1.56. The first-order valence-electron chi connectivity index (χ1n) is 2.64. The van der Waals surface area contributed by atoms with Crippen molar-refractivity contribution in [1.82, 2.24) is 4.31 Å². The smallest absolute Gasteiger partial charge is 0.160 e. The minimum Gasteiger partial charge on any atom is -0.302 e. The van der Waals surface area contributed by atoms with E-state index in [1.165, 1.54) is 6.08 Å². The van der Waals surface area contributed by atoms with Crippen LogP contribution >= 0.6 is 25.2 Å². The number of hydrogen-bond donors (Lipinski definition) is 1. The third-order valence-corrected chi connectivity index (χ3v) is 1.26. The molecule has 1 aliphatic rings. The lowest BCUT2D eigenvalue weighted by molar-refractivity contribution is -0.113. The van der Waals surface area contributed by atoms with Gasteiger partial charge >= 0.3 is 0 Å². The second-order valence-corrected chi connectivity index (χ2v) is 2.21. The maximum Gasteiger partial charge on any atom is 0.160 e. The van der Waals surface area contributed by atoms with Crippen LogP contribution < -0.4 is 0 Å². The number of allylic oxidation sites excluding steroid dienone is 2. The van der Waals surface area contributed by atoms with Crippen LogP contribution in [0.15, 0.2) is 24.6 Å². The first-order chi connectivity index (χ1) is 4.29. The zero-order valence-corrected chi connectivity index (χ0v) is 6.94. The van der Waals surface area contributed by atoms with Crippen LogP contribution in [0, 0.1) is 0 Å². The summed E-state index contributed by atoms with van der Waals surface area (Å²) >= 11 is 3.98. The van der Waals surface area contributed by atoms with E-state index in [9.17, 15) is 4.79 Å². The number of ketones is 1. The second kappa shape index (κ2) is 4.41. The lowest BCUT2D eigenvalue weighted by Crippen LogP contribution is -1.89. The van der Waals surface area contributed by atoms with E-state index in [2.05, 4.69) is 12.8 Å². The van der Waals surface area contributed by atoms with Crippen LogP contribution in [-0.4, -0.2) is 10.1 Å². The summed E-state index contributed by atoms with van der Waals surface area (Å²) in [5.74, 6) is 0.114. The average Bonchev–Trinajstić information content (AvgIpc) is 1.97. The third-order valence-electron chi connectivity index (χ3n) is 0.990. The minimum atomic E-state index is 0. The van der Waals surface area contributed by atoms with Crippen molar-refractivity contribution in [2.75, 3.05) is 0 Å². The third kappa shape index (κ3) is 2.94. The molecule has 0 bridgehead atoms. The Labute approximate surface area is 71.5 Å². The van der Waals surface area contributed by atoms with E-state index in [0.717, 1.165) is 0 Å². The summed E-state index contributed by atoms with van der Waals surface area (Å²) in [5.41, 5.74) is 0. The largest absolute Gasteiger partial charge is 0.302 e. The Morgan fingerprint density at radius 3 is 2.90 bits per heavy atom. The molecule has 0 radical (unpaired) electrons. The number of hydrogen-bond acceptors (Lipinski definition) is 3. The van der Waals surface area contributed by atoms with E-state index >= 15 is 0 Å². The fourth-order valence-corrected chi connectivity index (χ4v) is 0.715. The predicted molar refractivity (Wildman–Crippen MR) is 46.0 cm³/mol. The van der Waals surface area contributed by atoms with Crippen LogP contribution in [0.25, 0.3) is 0 Å². The van der Waals surface area contributed by atoms with Crippen molar-refractivity contribution in [2.24, 2.45) is 0 Å². The standard InChI is InChI=1S/C6H7NOS.ClH/c8-6-2-1-4-7(9)5-3-6;/h1,3-5,9H,2H2;1H. The maximum absolute atomic E-state index is 10.6. The molecule has 56 valence electrons. The van der Waals surface area contributed by atoms with Gasteiger partial charge in [-0.3, -0.25) is 4.79 Å². The summed E-state index contributed by atoms with van der Waals surface area (Å²) in [6.07, 6.45) is 7.12. The van der Waals surface area contributed by atoms with Gasteiger partial charge < -0.3 is 4.31 Å². The minimum absolute atomic E-state index is 0. The normalized spacial score (nSPS) is 16.5. The fraction of sp³-hybridized carbons (Fsp3) is 0.167. The lowest BCUT2D eigenvalue weighted by atomic mass is 10.3. The van der Waals surface area contributed by atoms with Crippen LogP contribution in [0.1, 0.15) is 6.42 Å². The Hall–Kier alpha value is -0.410. The highest BCUT2D eigenvalue weighted by atomic mass is 35.5. The molecular formula is C6H8ClNOS. The van der Waals surface area contributed by atoms with Crippen LogP contribution in [0.3, 0.4) is 0 Å². The Morgan fingerprint density at radius 2 is 2.20 bits per heavy atom. The second-order valence-electron chi connectivity index (χ2n) is 1.75. The molecule has 0 fully saturated rings. The molecule has 1 heterocycles. The molecule has 0 atom stereocenters. The quantitative estimate of drug-likeness (QED) is 0.567. The van der Waals surface area contributed by atoms with Gasteiger partial charge in [0.15, 0.2) is 5.78 Å². The van der Waals surface area contributed by atoms with E-state index < -0.39 is 0 Å². The SMILES string of the molecule is Cl.O=C1C=CN(S)C=CC1. The van der Waals surface area contributed by atoms with Crippen LogP contribution in [0.5, 0.6) is 0 Å². The Morgan fingerprint density at radius 1 is 1.50 bits per heavy atom. The van der Waals surface area contributed by atoms with E-state index in [1.54, 1.807) is 22.8 Å². The Kier molecular flexibility index (Phi) is 4.23. The van der Waals surface area contributed by atoms with E-state index in [0.29, 0.717) is 6.42 Å². The molecule has 0 N–H and O–H groups in total. The maximum atomic E-state index is 10.6. The Bertz CT molecular complexity index is 179. The van der Waals surface area contributed by atoms with E-state index in [1.807, 2.05) is 0 Å². The monoisotopic (exact) mass is 177 g/mol. The topological polar surface area (TPSA) is 20.3 Å².